The molecule has 0 N–H and O–H groups in total. The standard InChI is InChI=1S/C11H16N2O2S/c1-7-5-15-8(2)4-13(7)11(14)10-6-16-9(3)12-10/h6-8H,4-5H2,1-3H3. The molecule has 2 rings (SSSR count). The van der Waals surface area contributed by atoms with Crippen LogP contribution >= 0.6 is 11.3 Å². The molecule has 1 aromatic rings. The third-order valence-electron chi connectivity index (χ3n) is 2.71. The molecular formula is C11H16N2O2S. The fourth-order valence-corrected chi connectivity index (χ4v) is 2.38. The Bertz CT molecular complexity index is 391. The summed E-state index contributed by atoms with van der Waals surface area (Å²) >= 11 is 1.51. The summed E-state index contributed by atoms with van der Waals surface area (Å²) in [5.41, 5.74) is 0.559. The Balaban J connectivity index is 2.14. The largest absolute Gasteiger partial charge is 0.375 e. The Labute approximate surface area is 99.2 Å². The van der Waals surface area contributed by atoms with Gasteiger partial charge < -0.3 is 9.64 Å². The minimum Gasteiger partial charge on any atom is -0.375 e. The van der Waals surface area contributed by atoms with Crippen LogP contribution in [0.15, 0.2) is 5.38 Å². The van der Waals surface area contributed by atoms with Crippen LogP contribution in [0.5, 0.6) is 0 Å². The predicted molar refractivity (Wildman–Crippen MR) is 62.8 cm³/mol. The van der Waals surface area contributed by atoms with Gasteiger partial charge in [-0.2, -0.15) is 0 Å². The van der Waals surface area contributed by atoms with Gasteiger partial charge in [0.15, 0.2) is 0 Å². The van der Waals surface area contributed by atoms with Gasteiger partial charge in [0.1, 0.15) is 5.69 Å². The molecule has 4 nitrogen and oxygen atoms in total. The summed E-state index contributed by atoms with van der Waals surface area (Å²) in [7, 11) is 0. The van der Waals surface area contributed by atoms with Crippen molar-refractivity contribution in [2.45, 2.75) is 32.9 Å². The van der Waals surface area contributed by atoms with E-state index in [1.54, 1.807) is 0 Å². The number of ether oxygens (including phenoxy) is 1. The van der Waals surface area contributed by atoms with Gasteiger partial charge in [-0.3, -0.25) is 4.79 Å². The number of carbonyl (C=O) groups is 1. The van der Waals surface area contributed by atoms with Crippen molar-refractivity contribution < 1.29 is 9.53 Å². The average Bonchev–Trinajstić information content (AvgIpc) is 2.67. The topological polar surface area (TPSA) is 42.4 Å². The van der Waals surface area contributed by atoms with Gasteiger partial charge in [-0.25, -0.2) is 4.98 Å². The first kappa shape index (κ1) is 11.5. The van der Waals surface area contributed by atoms with Crippen LogP contribution in [0.25, 0.3) is 0 Å². The summed E-state index contributed by atoms with van der Waals surface area (Å²) in [5, 5.41) is 2.75. The van der Waals surface area contributed by atoms with Crippen LogP contribution in [0.2, 0.25) is 0 Å². The number of morpholine rings is 1. The highest BCUT2D eigenvalue weighted by Gasteiger charge is 2.29. The first-order valence-electron chi connectivity index (χ1n) is 5.42. The van der Waals surface area contributed by atoms with E-state index in [-0.39, 0.29) is 18.1 Å². The van der Waals surface area contributed by atoms with Crippen molar-refractivity contribution in [3.63, 3.8) is 0 Å². The van der Waals surface area contributed by atoms with Crippen molar-refractivity contribution in [2.75, 3.05) is 13.2 Å². The van der Waals surface area contributed by atoms with E-state index in [2.05, 4.69) is 4.98 Å². The molecule has 5 heteroatoms. The van der Waals surface area contributed by atoms with Gasteiger partial charge in [0, 0.05) is 11.9 Å². The lowest BCUT2D eigenvalue weighted by Gasteiger charge is -2.36. The van der Waals surface area contributed by atoms with Gasteiger partial charge in [0.2, 0.25) is 0 Å². The Morgan fingerprint density at radius 3 is 3.00 bits per heavy atom. The van der Waals surface area contributed by atoms with E-state index in [1.165, 1.54) is 11.3 Å². The van der Waals surface area contributed by atoms with Crippen molar-refractivity contribution >= 4 is 17.2 Å². The van der Waals surface area contributed by atoms with Gasteiger partial charge in [-0.1, -0.05) is 0 Å². The average molecular weight is 240 g/mol. The molecule has 1 saturated heterocycles. The van der Waals surface area contributed by atoms with E-state index in [9.17, 15) is 4.79 Å². The number of amides is 1. The van der Waals surface area contributed by atoms with Crippen LogP contribution in [0.1, 0.15) is 29.3 Å². The molecule has 1 fully saturated rings. The fourth-order valence-electron chi connectivity index (χ4n) is 1.80. The number of hydrogen-bond donors (Lipinski definition) is 0. The summed E-state index contributed by atoms with van der Waals surface area (Å²) in [6.45, 7) is 7.15. The molecule has 88 valence electrons. The maximum atomic E-state index is 12.2. The van der Waals surface area contributed by atoms with Crippen LogP contribution < -0.4 is 0 Å². The molecule has 0 spiro atoms. The molecule has 1 amide bonds. The van der Waals surface area contributed by atoms with E-state index in [0.29, 0.717) is 18.8 Å². The van der Waals surface area contributed by atoms with Crippen LogP contribution in [-0.2, 0) is 4.74 Å². The molecule has 1 aliphatic heterocycles. The molecule has 2 unspecified atom stereocenters. The lowest BCUT2D eigenvalue weighted by atomic mass is 10.2. The molecule has 1 aliphatic rings. The Morgan fingerprint density at radius 1 is 1.62 bits per heavy atom. The van der Waals surface area contributed by atoms with E-state index < -0.39 is 0 Å². The highest BCUT2D eigenvalue weighted by atomic mass is 32.1. The fraction of sp³-hybridized carbons (Fsp3) is 0.636. The molecule has 1 aromatic heterocycles. The molecule has 2 atom stereocenters. The summed E-state index contributed by atoms with van der Waals surface area (Å²) in [6, 6.07) is 0.130. The second-order valence-electron chi connectivity index (χ2n) is 4.20. The van der Waals surface area contributed by atoms with Gasteiger partial charge in [-0.15, -0.1) is 11.3 Å². The third kappa shape index (κ3) is 2.25. The summed E-state index contributed by atoms with van der Waals surface area (Å²) in [6.07, 6.45) is 0.111. The van der Waals surface area contributed by atoms with Gasteiger partial charge in [0.25, 0.3) is 5.91 Å². The minimum atomic E-state index is 0.0204. The number of aryl methyl sites for hydroxylation is 1. The van der Waals surface area contributed by atoms with Crippen LogP contribution in [0, 0.1) is 6.92 Å². The normalized spacial score (nSPS) is 25.8. The number of rotatable bonds is 1. The van der Waals surface area contributed by atoms with Crippen molar-refractivity contribution in [1.82, 2.24) is 9.88 Å². The van der Waals surface area contributed by atoms with E-state index >= 15 is 0 Å². The smallest absolute Gasteiger partial charge is 0.273 e. The zero-order chi connectivity index (χ0) is 11.7. The first-order valence-corrected chi connectivity index (χ1v) is 6.30. The van der Waals surface area contributed by atoms with Crippen LogP contribution in [0.3, 0.4) is 0 Å². The van der Waals surface area contributed by atoms with Gasteiger partial charge in [-0.05, 0) is 20.8 Å². The minimum absolute atomic E-state index is 0.0204. The highest BCUT2D eigenvalue weighted by Crippen LogP contribution is 2.16. The van der Waals surface area contributed by atoms with Crippen molar-refractivity contribution in [1.29, 1.82) is 0 Å². The third-order valence-corrected chi connectivity index (χ3v) is 3.48. The predicted octanol–water partition coefficient (Wildman–Crippen LogP) is 1.70. The van der Waals surface area contributed by atoms with Gasteiger partial charge >= 0.3 is 0 Å². The molecule has 0 bridgehead atoms. The summed E-state index contributed by atoms with van der Waals surface area (Å²) in [5.74, 6) is 0.0204. The number of aromatic nitrogens is 1. The molecule has 2 heterocycles. The lowest BCUT2D eigenvalue weighted by Crippen LogP contribution is -2.50. The first-order chi connectivity index (χ1) is 7.58. The molecule has 0 saturated carbocycles. The van der Waals surface area contributed by atoms with Crippen LogP contribution in [-0.4, -0.2) is 41.1 Å². The Hall–Kier alpha value is -0.940. The lowest BCUT2D eigenvalue weighted by molar-refractivity contribution is -0.0388. The van der Waals surface area contributed by atoms with Crippen molar-refractivity contribution in [3.8, 4) is 0 Å². The zero-order valence-electron chi connectivity index (χ0n) is 9.77. The quantitative estimate of drug-likeness (QED) is 0.750. The number of thiazole rings is 1. The second kappa shape index (κ2) is 4.51. The molecule has 0 radical (unpaired) electrons. The Morgan fingerprint density at radius 2 is 2.38 bits per heavy atom. The van der Waals surface area contributed by atoms with Gasteiger partial charge in [0.05, 0.1) is 23.8 Å². The number of nitrogens with zero attached hydrogens (tertiary/aromatic N) is 2. The van der Waals surface area contributed by atoms with E-state index in [4.69, 9.17) is 4.74 Å². The molecular weight excluding hydrogens is 224 g/mol. The molecule has 16 heavy (non-hydrogen) atoms. The monoisotopic (exact) mass is 240 g/mol. The van der Waals surface area contributed by atoms with E-state index in [1.807, 2.05) is 31.1 Å². The zero-order valence-corrected chi connectivity index (χ0v) is 10.6. The SMILES string of the molecule is Cc1nc(C(=O)N2CC(C)OCC2C)cs1. The number of carbonyl (C=O) groups excluding carboxylic acids is 1. The number of hydrogen-bond acceptors (Lipinski definition) is 4. The van der Waals surface area contributed by atoms with Crippen molar-refractivity contribution in [3.05, 3.63) is 16.1 Å². The van der Waals surface area contributed by atoms with Crippen molar-refractivity contribution in [2.24, 2.45) is 0 Å². The maximum Gasteiger partial charge on any atom is 0.273 e. The maximum absolute atomic E-state index is 12.2. The Kier molecular flexibility index (Phi) is 3.25. The highest BCUT2D eigenvalue weighted by molar-refractivity contribution is 7.09. The van der Waals surface area contributed by atoms with Crippen LogP contribution in [0.4, 0.5) is 0 Å². The molecule has 0 aromatic carbocycles. The molecule has 0 aliphatic carbocycles. The summed E-state index contributed by atoms with van der Waals surface area (Å²) < 4.78 is 5.50. The second-order valence-corrected chi connectivity index (χ2v) is 5.26. The van der Waals surface area contributed by atoms with E-state index in [0.717, 1.165) is 5.01 Å². The summed E-state index contributed by atoms with van der Waals surface area (Å²) in [4.78, 5) is 18.3.